The average molecular weight is 184 g/mol. The van der Waals surface area contributed by atoms with E-state index < -0.39 is 0 Å². The molecule has 0 aromatic carbocycles. The number of hydrogen-bond donors (Lipinski definition) is 2. The molecule has 2 N–H and O–H groups in total. The molecule has 3 nitrogen and oxygen atoms in total. The van der Waals surface area contributed by atoms with Gasteiger partial charge in [0.05, 0.1) is 6.04 Å². The van der Waals surface area contributed by atoms with Crippen LogP contribution in [-0.4, -0.2) is 25.0 Å². The summed E-state index contributed by atoms with van der Waals surface area (Å²) < 4.78 is 0. The predicted molar refractivity (Wildman–Crippen MR) is 53.5 cm³/mol. The quantitative estimate of drug-likeness (QED) is 0.684. The van der Waals surface area contributed by atoms with Crippen LogP contribution in [-0.2, 0) is 4.79 Å². The molecule has 3 heteroatoms. The van der Waals surface area contributed by atoms with Crippen molar-refractivity contribution in [2.75, 3.05) is 7.05 Å². The lowest BCUT2D eigenvalue weighted by Gasteiger charge is -2.19. The van der Waals surface area contributed by atoms with Crippen LogP contribution < -0.4 is 10.6 Å². The fourth-order valence-corrected chi connectivity index (χ4v) is 1.80. The Hall–Kier alpha value is -0.570. The Morgan fingerprint density at radius 2 is 2.15 bits per heavy atom. The first-order chi connectivity index (χ1) is 6.15. The van der Waals surface area contributed by atoms with Gasteiger partial charge in [0.25, 0.3) is 0 Å². The number of nitrogens with one attached hydrogen (secondary N) is 2. The van der Waals surface area contributed by atoms with Gasteiger partial charge in [-0.15, -0.1) is 0 Å². The lowest BCUT2D eigenvalue weighted by molar-refractivity contribution is -0.123. The lowest BCUT2D eigenvalue weighted by Crippen LogP contribution is -2.45. The van der Waals surface area contributed by atoms with Gasteiger partial charge in [0.1, 0.15) is 0 Å². The van der Waals surface area contributed by atoms with E-state index >= 15 is 0 Å². The Labute approximate surface area is 80.3 Å². The summed E-state index contributed by atoms with van der Waals surface area (Å²) in [6, 6.07) is 0.330. The highest BCUT2D eigenvalue weighted by molar-refractivity contribution is 5.81. The zero-order valence-electron chi connectivity index (χ0n) is 8.76. The summed E-state index contributed by atoms with van der Waals surface area (Å²) in [4.78, 5) is 11.5. The predicted octanol–water partition coefficient (Wildman–Crippen LogP) is 0.899. The van der Waals surface area contributed by atoms with E-state index in [0.717, 1.165) is 6.42 Å². The van der Waals surface area contributed by atoms with E-state index in [1.165, 1.54) is 12.8 Å². The summed E-state index contributed by atoms with van der Waals surface area (Å²) in [6.45, 7) is 4.09. The summed E-state index contributed by atoms with van der Waals surface area (Å²) in [5.74, 6) is 0.772. The van der Waals surface area contributed by atoms with E-state index in [4.69, 9.17) is 0 Å². The zero-order chi connectivity index (χ0) is 9.84. The first-order valence-electron chi connectivity index (χ1n) is 5.12. The summed E-state index contributed by atoms with van der Waals surface area (Å²) in [5.41, 5.74) is 0. The van der Waals surface area contributed by atoms with Gasteiger partial charge in [-0.2, -0.15) is 0 Å². The fraction of sp³-hybridized carbons (Fsp3) is 0.900. The minimum Gasteiger partial charge on any atom is -0.352 e. The minimum absolute atomic E-state index is 0.0761. The Bertz CT molecular complexity index is 182. The number of amides is 1. The normalized spacial score (nSPS) is 30.1. The highest BCUT2D eigenvalue weighted by Crippen LogP contribution is 2.24. The molecule has 0 radical (unpaired) electrons. The van der Waals surface area contributed by atoms with Crippen LogP contribution in [0.4, 0.5) is 0 Å². The van der Waals surface area contributed by atoms with Crippen LogP contribution in [0.3, 0.4) is 0 Å². The van der Waals surface area contributed by atoms with E-state index in [1.807, 2.05) is 14.0 Å². The molecule has 13 heavy (non-hydrogen) atoms. The van der Waals surface area contributed by atoms with Crippen molar-refractivity contribution in [2.24, 2.45) is 5.92 Å². The molecule has 1 saturated carbocycles. The minimum atomic E-state index is -0.0761. The molecule has 0 aromatic rings. The van der Waals surface area contributed by atoms with Crippen LogP contribution in [0.2, 0.25) is 0 Å². The van der Waals surface area contributed by atoms with Crippen molar-refractivity contribution in [2.45, 2.75) is 45.2 Å². The first-order valence-corrected chi connectivity index (χ1v) is 5.12. The Morgan fingerprint density at radius 3 is 2.62 bits per heavy atom. The molecular weight excluding hydrogens is 164 g/mol. The maximum Gasteiger partial charge on any atom is 0.237 e. The Morgan fingerprint density at radius 1 is 1.46 bits per heavy atom. The Kier molecular flexibility index (Phi) is 3.72. The molecule has 1 rings (SSSR count). The second-order valence-corrected chi connectivity index (χ2v) is 4.03. The van der Waals surface area contributed by atoms with Crippen molar-refractivity contribution in [3.8, 4) is 0 Å². The molecule has 0 aliphatic heterocycles. The van der Waals surface area contributed by atoms with Gasteiger partial charge in [-0.25, -0.2) is 0 Å². The van der Waals surface area contributed by atoms with Gasteiger partial charge in [-0.3, -0.25) is 4.79 Å². The van der Waals surface area contributed by atoms with E-state index in [2.05, 4.69) is 17.6 Å². The smallest absolute Gasteiger partial charge is 0.237 e. The highest BCUT2D eigenvalue weighted by Gasteiger charge is 2.25. The monoisotopic (exact) mass is 184 g/mol. The molecule has 0 heterocycles. The zero-order valence-corrected chi connectivity index (χ0v) is 8.76. The van der Waals surface area contributed by atoms with Crippen molar-refractivity contribution >= 4 is 5.91 Å². The van der Waals surface area contributed by atoms with E-state index in [9.17, 15) is 4.79 Å². The maximum atomic E-state index is 11.5. The van der Waals surface area contributed by atoms with Crippen molar-refractivity contribution in [1.82, 2.24) is 10.6 Å². The summed E-state index contributed by atoms with van der Waals surface area (Å²) >= 11 is 0. The number of likely N-dealkylation sites (N-methyl/N-ethyl adjacent to an activating group) is 1. The number of carbonyl (C=O) groups is 1. The molecule has 1 fully saturated rings. The molecule has 0 bridgehead atoms. The van der Waals surface area contributed by atoms with Gasteiger partial charge >= 0.3 is 0 Å². The summed E-state index contributed by atoms with van der Waals surface area (Å²) in [6.07, 6.45) is 3.64. The lowest BCUT2D eigenvalue weighted by atomic mass is 10.1. The third-order valence-electron chi connectivity index (χ3n) is 3.02. The summed E-state index contributed by atoms with van der Waals surface area (Å²) in [5, 5.41) is 6.02. The van der Waals surface area contributed by atoms with Crippen LogP contribution in [0.5, 0.6) is 0 Å². The van der Waals surface area contributed by atoms with Crippen molar-refractivity contribution in [3.63, 3.8) is 0 Å². The molecule has 1 amide bonds. The Balaban J connectivity index is 2.35. The molecule has 76 valence electrons. The third-order valence-corrected chi connectivity index (χ3v) is 3.02. The van der Waals surface area contributed by atoms with Crippen LogP contribution in [0.25, 0.3) is 0 Å². The number of rotatable bonds is 3. The maximum absolute atomic E-state index is 11.5. The molecule has 1 aliphatic rings. The molecule has 0 saturated heterocycles. The molecule has 0 spiro atoms. The molecular formula is C10H20N2O. The van der Waals surface area contributed by atoms with Crippen molar-refractivity contribution in [3.05, 3.63) is 0 Å². The summed E-state index contributed by atoms with van der Waals surface area (Å²) in [7, 11) is 1.81. The number of hydrogen-bond acceptors (Lipinski definition) is 2. The number of carbonyl (C=O) groups excluding carboxylic acids is 1. The van der Waals surface area contributed by atoms with E-state index in [-0.39, 0.29) is 11.9 Å². The average Bonchev–Trinajstić information content (AvgIpc) is 2.50. The highest BCUT2D eigenvalue weighted by atomic mass is 16.2. The van der Waals surface area contributed by atoms with Crippen LogP contribution >= 0.6 is 0 Å². The molecule has 2 unspecified atom stereocenters. The van der Waals surface area contributed by atoms with E-state index in [0.29, 0.717) is 12.0 Å². The standard InChI is InChI=1S/C10H20N2O/c1-7-5-4-6-9(7)12-10(13)8(2)11-3/h7-9,11H,4-6H2,1-3H3,(H,12,13)/t7?,8-,9?/m0/s1. The van der Waals surface area contributed by atoms with Crippen molar-refractivity contribution < 1.29 is 4.79 Å². The molecule has 3 atom stereocenters. The van der Waals surface area contributed by atoms with Crippen LogP contribution in [0.15, 0.2) is 0 Å². The van der Waals surface area contributed by atoms with Gasteiger partial charge in [-0.1, -0.05) is 13.3 Å². The van der Waals surface area contributed by atoms with Gasteiger partial charge in [-0.05, 0) is 32.7 Å². The fourth-order valence-electron chi connectivity index (χ4n) is 1.80. The van der Waals surface area contributed by atoms with Crippen LogP contribution in [0.1, 0.15) is 33.1 Å². The van der Waals surface area contributed by atoms with Crippen LogP contribution in [0, 0.1) is 5.92 Å². The molecule has 1 aliphatic carbocycles. The third kappa shape index (κ3) is 2.69. The largest absolute Gasteiger partial charge is 0.352 e. The SMILES string of the molecule is CN[C@@H](C)C(=O)NC1CCCC1C. The van der Waals surface area contributed by atoms with Gasteiger partial charge in [0, 0.05) is 6.04 Å². The second-order valence-electron chi connectivity index (χ2n) is 4.03. The molecule has 0 aromatic heterocycles. The first kappa shape index (κ1) is 10.5. The van der Waals surface area contributed by atoms with Gasteiger partial charge in [0.2, 0.25) is 5.91 Å². The second kappa shape index (κ2) is 4.61. The topological polar surface area (TPSA) is 41.1 Å². The van der Waals surface area contributed by atoms with Gasteiger partial charge < -0.3 is 10.6 Å². The van der Waals surface area contributed by atoms with Crippen molar-refractivity contribution in [1.29, 1.82) is 0 Å². The van der Waals surface area contributed by atoms with Gasteiger partial charge in [0.15, 0.2) is 0 Å². The van der Waals surface area contributed by atoms with E-state index in [1.54, 1.807) is 0 Å².